The predicted octanol–water partition coefficient (Wildman–Crippen LogP) is 4.73. The zero-order chi connectivity index (χ0) is 21.2. The molecule has 4 aromatic rings. The molecule has 2 aromatic heterocycles. The van der Waals surface area contributed by atoms with E-state index in [1.807, 2.05) is 41.1 Å². The second-order valence-corrected chi connectivity index (χ2v) is 7.75. The Morgan fingerprint density at radius 3 is 2.52 bits per heavy atom. The van der Waals surface area contributed by atoms with E-state index in [1.54, 1.807) is 18.3 Å². The van der Waals surface area contributed by atoms with Crippen molar-refractivity contribution in [3.63, 3.8) is 0 Å². The Balaban J connectivity index is 1.44. The standard InChI is InChI=1S/C24H20ClN5O/c25-20-15-19(5-6-21(20)29-12-9-27-10-13-29)30-14-11-28-24(30)23-8-7-22(31-23)18-3-1-17(16-26)2-4-18/h1-8,11,14-15,27H,9-10,12-13H2. The Kier molecular flexibility index (Phi) is 5.21. The van der Waals surface area contributed by atoms with Gasteiger partial charge >= 0.3 is 0 Å². The fraction of sp³-hybridized carbons (Fsp3) is 0.167. The molecular weight excluding hydrogens is 410 g/mol. The molecule has 0 bridgehead atoms. The van der Waals surface area contributed by atoms with Gasteiger partial charge in [0.25, 0.3) is 0 Å². The molecule has 5 rings (SSSR count). The summed E-state index contributed by atoms with van der Waals surface area (Å²) in [7, 11) is 0. The van der Waals surface area contributed by atoms with E-state index in [9.17, 15) is 0 Å². The summed E-state index contributed by atoms with van der Waals surface area (Å²) in [4.78, 5) is 6.80. The maximum Gasteiger partial charge on any atom is 0.180 e. The van der Waals surface area contributed by atoms with Gasteiger partial charge in [0.1, 0.15) is 5.76 Å². The summed E-state index contributed by atoms with van der Waals surface area (Å²) in [5, 5.41) is 13.1. The molecule has 0 amide bonds. The second-order valence-electron chi connectivity index (χ2n) is 7.35. The highest BCUT2D eigenvalue weighted by atomic mass is 35.5. The van der Waals surface area contributed by atoms with E-state index in [4.69, 9.17) is 21.3 Å². The van der Waals surface area contributed by atoms with Crippen LogP contribution in [-0.4, -0.2) is 35.7 Å². The molecule has 1 saturated heterocycles. The van der Waals surface area contributed by atoms with Gasteiger partial charge in [0.05, 0.1) is 22.3 Å². The van der Waals surface area contributed by atoms with Crippen molar-refractivity contribution >= 4 is 17.3 Å². The van der Waals surface area contributed by atoms with Gasteiger partial charge in [0, 0.05) is 49.8 Å². The number of benzene rings is 2. The summed E-state index contributed by atoms with van der Waals surface area (Å²) in [6, 6.07) is 19.3. The van der Waals surface area contributed by atoms with Gasteiger partial charge < -0.3 is 14.6 Å². The van der Waals surface area contributed by atoms with E-state index in [0.717, 1.165) is 53.9 Å². The molecule has 1 aliphatic heterocycles. The molecule has 0 atom stereocenters. The molecule has 3 heterocycles. The maximum atomic E-state index is 8.98. The number of nitriles is 1. The van der Waals surface area contributed by atoms with E-state index in [2.05, 4.69) is 33.4 Å². The van der Waals surface area contributed by atoms with E-state index >= 15 is 0 Å². The van der Waals surface area contributed by atoms with Gasteiger partial charge in [-0.15, -0.1) is 0 Å². The van der Waals surface area contributed by atoms with Crippen LogP contribution in [0.3, 0.4) is 0 Å². The van der Waals surface area contributed by atoms with E-state index < -0.39 is 0 Å². The van der Waals surface area contributed by atoms with Crippen LogP contribution >= 0.6 is 11.6 Å². The third kappa shape index (κ3) is 3.81. The Labute approximate surface area is 185 Å². The first-order chi connectivity index (χ1) is 15.2. The molecule has 0 spiro atoms. The SMILES string of the molecule is N#Cc1ccc(-c2ccc(-c3nccn3-c3ccc(N4CCNCC4)c(Cl)c3)o2)cc1. The zero-order valence-electron chi connectivity index (χ0n) is 16.8. The lowest BCUT2D eigenvalue weighted by molar-refractivity contribution is 0.589. The predicted molar refractivity (Wildman–Crippen MR) is 122 cm³/mol. The van der Waals surface area contributed by atoms with Crippen LogP contribution in [-0.2, 0) is 0 Å². The van der Waals surface area contributed by atoms with Crippen molar-refractivity contribution in [2.75, 3.05) is 31.1 Å². The van der Waals surface area contributed by atoms with Gasteiger partial charge in [-0.1, -0.05) is 11.6 Å². The Bertz CT molecular complexity index is 1250. The van der Waals surface area contributed by atoms with Crippen LogP contribution in [0.25, 0.3) is 28.6 Å². The molecule has 0 unspecified atom stereocenters. The number of nitrogens with one attached hydrogen (secondary N) is 1. The molecular formula is C24H20ClN5O. The molecule has 0 aliphatic carbocycles. The number of anilines is 1. The van der Waals surface area contributed by atoms with Gasteiger partial charge in [-0.05, 0) is 54.6 Å². The first kappa shape index (κ1) is 19.4. The number of hydrogen-bond acceptors (Lipinski definition) is 5. The minimum Gasteiger partial charge on any atom is -0.453 e. The average molecular weight is 430 g/mol. The molecule has 6 nitrogen and oxygen atoms in total. The van der Waals surface area contributed by atoms with Crippen LogP contribution in [0.15, 0.2) is 71.4 Å². The van der Waals surface area contributed by atoms with E-state index in [-0.39, 0.29) is 0 Å². The number of imidazole rings is 1. The van der Waals surface area contributed by atoms with Crippen LogP contribution < -0.4 is 10.2 Å². The number of hydrogen-bond donors (Lipinski definition) is 1. The van der Waals surface area contributed by atoms with Crippen molar-refractivity contribution in [3.8, 4) is 34.7 Å². The molecule has 1 fully saturated rings. The molecule has 2 aromatic carbocycles. The van der Waals surface area contributed by atoms with Crippen molar-refractivity contribution in [1.29, 1.82) is 5.26 Å². The summed E-state index contributed by atoms with van der Waals surface area (Å²) in [6.07, 6.45) is 3.65. The molecule has 0 saturated carbocycles. The van der Waals surface area contributed by atoms with Crippen LogP contribution in [0.2, 0.25) is 5.02 Å². The topological polar surface area (TPSA) is 70.0 Å². The van der Waals surface area contributed by atoms with Crippen molar-refractivity contribution in [3.05, 3.63) is 77.6 Å². The maximum absolute atomic E-state index is 8.98. The summed E-state index contributed by atoms with van der Waals surface area (Å²) in [5.74, 6) is 2.08. The van der Waals surface area contributed by atoms with Crippen LogP contribution in [0, 0.1) is 11.3 Å². The van der Waals surface area contributed by atoms with Crippen LogP contribution in [0.4, 0.5) is 5.69 Å². The van der Waals surface area contributed by atoms with Crippen LogP contribution in [0.1, 0.15) is 5.56 Å². The lowest BCUT2D eigenvalue weighted by atomic mass is 10.1. The lowest BCUT2D eigenvalue weighted by Crippen LogP contribution is -2.43. The number of aromatic nitrogens is 2. The lowest BCUT2D eigenvalue weighted by Gasteiger charge is -2.30. The van der Waals surface area contributed by atoms with Gasteiger partial charge in [-0.3, -0.25) is 4.57 Å². The third-order valence-corrected chi connectivity index (χ3v) is 5.74. The highest BCUT2D eigenvalue weighted by Gasteiger charge is 2.17. The quantitative estimate of drug-likeness (QED) is 0.507. The number of piperazine rings is 1. The molecule has 7 heteroatoms. The van der Waals surface area contributed by atoms with Crippen LogP contribution in [0.5, 0.6) is 0 Å². The van der Waals surface area contributed by atoms with Gasteiger partial charge in [-0.2, -0.15) is 5.26 Å². The minimum absolute atomic E-state index is 0.618. The van der Waals surface area contributed by atoms with Crippen molar-refractivity contribution in [2.45, 2.75) is 0 Å². The summed E-state index contributed by atoms with van der Waals surface area (Å²) in [5.41, 5.74) is 3.50. The fourth-order valence-corrected chi connectivity index (χ4v) is 4.12. The molecule has 0 radical (unpaired) electrons. The monoisotopic (exact) mass is 429 g/mol. The first-order valence-corrected chi connectivity index (χ1v) is 10.5. The Hall–Kier alpha value is -3.53. The molecule has 1 N–H and O–H groups in total. The van der Waals surface area contributed by atoms with E-state index in [0.29, 0.717) is 17.1 Å². The molecule has 1 aliphatic rings. The highest BCUT2D eigenvalue weighted by molar-refractivity contribution is 6.33. The third-order valence-electron chi connectivity index (χ3n) is 5.43. The van der Waals surface area contributed by atoms with Crippen molar-refractivity contribution < 1.29 is 4.42 Å². The largest absolute Gasteiger partial charge is 0.453 e. The Morgan fingerprint density at radius 2 is 1.77 bits per heavy atom. The zero-order valence-corrected chi connectivity index (χ0v) is 17.5. The van der Waals surface area contributed by atoms with Crippen molar-refractivity contribution in [1.82, 2.24) is 14.9 Å². The summed E-state index contributed by atoms with van der Waals surface area (Å²) in [6.45, 7) is 3.81. The van der Waals surface area contributed by atoms with E-state index in [1.165, 1.54) is 0 Å². The fourth-order valence-electron chi connectivity index (χ4n) is 3.82. The Morgan fingerprint density at radius 1 is 1.00 bits per heavy atom. The average Bonchev–Trinajstić information content (AvgIpc) is 3.49. The molecule has 31 heavy (non-hydrogen) atoms. The number of nitrogens with zero attached hydrogens (tertiary/aromatic N) is 4. The molecule has 154 valence electrons. The summed E-state index contributed by atoms with van der Waals surface area (Å²) < 4.78 is 8.05. The minimum atomic E-state index is 0.618. The second kappa shape index (κ2) is 8.31. The summed E-state index contributed by atoms with van der Waals surface area (Å²) >= 11 is 6.64. The number of furan rings is 1. The van der Waals surface area contributed by atoms with Gasteiger partial charge in [0.15, 0.2) is 11.6 Å². The smallest absolute Gasteiger partial charge is 0.180 e. The highest BCUT2D eigenvalue weighted by Crippen LogP contribution is 2.32. The van der Waals surface area contributed by atoms with Crippen molar-refractivity contribution in [2.24, 2.45) is 0 Å². The first-order valence-electron chi connectivity index (χ1n) is 10.1. The number of halogens is 1. The van der Waals surface area contributed by atoms with Gasteiger partial charge in [-0.25, -0.2) is 4.98 Å². The normalized spacial score (nSPS) is 13.9. The van der Waals surface area contributed by atoms with Gasteiger partial charge in [0.2, 0.25) is 0 Å². The number of rotatable bonds is 4.